The monoisotopic (exact) mass is 156 g/mol. The second kappa shape index (κ2) is 3.53. The third-order valence-corrected chi connectivity index (χ3v) is 0.243. The molecule has 0 rings (SSSR count). The molecule has 0 saturated carbocycles. The van der Waals surface area contributed by atoms with Gasteiger partial charge in [-0.15, -0.1) is 0 Å². The summed E-state index contributed by atoms with van der Waals surface area (Å²) in [5.74, 6) is -2.76. The Balaban J connectivity index is 0. The van der Waals surface area contributed by atoms with E-state index in [4.69, 9.17) is 9.90 Å². The van der Waals surface area contributed by atoms with Gasteiger partial charge in [-0.2, -0.15) is 13.2 Å². The predicted octanol–water partition coefficient (Wildman–Crippen LogP) is -0.283. The third-order valence-electron chi connectivity index (χ3n) is 0.243. The van der Waals surface area contributed by atoms with Crippen molar-refractivity contribution in [2.45, 2.75) is 6.18 Å². The Bertz CT molecular complexity index is 87.8. The number of alkyl halides is 3. The minimum atomic E-state index is -5.08. The molecule has 0 amide bonds. The molecule has 0 unspecified atom stereocenters. The van der Waals surface area contributed by atoms with E-state index in [1.807, 2.05) is 0 Å². The maximum absolute atomic E-state index is 10.6. The molecule has 2 nitrogen and oxygen atoms in total. The third kappa shape index (κ3) is 4.67. The molecule has 1 N–H and O–H groups in total. The molecule has 0 saturated heterocycles. The summed E-state index contributed by atoms with van der Waals surface area (Å²) in [7, 11) is 0. The standard InChI is InChI=1S/C2HF3O2.Ca.2H/c3-2(4,5)1(6)7;;;/h(H,6,7);;;. The predicted molar refractivity (Wildman–Crippen MR) is 22.2 cm³/mol. The molecule has 0 aromatic heterocycles. The van der Waals surface area contributed by atoms with Crippen molar-refractivity contribution in [1.82, 2.24) is 0 Å². The zero-order chi connectivity index (χ0) is 6.08. The fourth-order valence-corrected chi connectivity index (χ4v) is 0. The van der Waals surface area contributed by atoms with Crippen LogP contribution in [0.1, 0.15) is 0 Å². The Morgan fingerprint density at radius 1 is 1.38 bits per heavy atom. The second-order valence-corrected chi connectivity index (χ2v) is 0.803. The Hall–Kier alpha value is 0.520. The van der Waals surface area contributed by atoms with Gasteiger partial charge >= 0.3 is 49.9 Å². The van der Waals surface area contributed by atoms with Crippen LogP contribution in [0.4, 0.5) is 13.2 Å². The second-order valence-electron chi connectivity index (χ2n) is 0.803. The summed E-state index contributed by atoms with van der Waals surface area (Å²) in [5, 5.41) is 7.12. The fourth-order valence-electron chi connectivity index (χ4n) is 0. The summed E-state index contributed by atoms with van der Waals surface area (Å²) in [5.41, 5.74) is 0. The van der Waals surface area contributed by atoms with Gasteiger partial charge in [0.15, 0.2) is 0 Å². The van der Waals surface area contributed by atoms with Gasteiger partial charge in [0.25, 0.3) is 0 Å². The molecule has 0 aliphatic rings. The Kier molecular flexibility index (Phi) is 5.00. The Morgan fingerprint density at radius 2 is 1.50 bits per heavy atom. The van der Waals surface area contributed by atoms with Crippen molar-refractivity contribution in [3.05, 3.63) is 0 Å². The molecule has 46 valence electrons. The van der Waals surface area contributed by atoms with Crippen molar-refractivity contribution >= 4 is 43.7 Å². The van der Waals surface area contributed by atoms with E-state index in [1.165, 1.54) is 0 Å². The number of hydrogen-bond acceptors (Lipinski definition) is 1. The molecule has 0 aromatic rings. The molecule has 0 aliphatic heterocycles. The van der Waals surface area contributed by atoms with E-state index >= 15 is 0 Å². The van der Waals surface area contributed by atoms with E-state index in [1.54, 1.807) is 0 Å². The van der Waals surface area contributed by atoms with Gasteiger partial charge in [0.05, 0.1) is 0 Å². The molecule has 0 fully saturated rings. The first-order valence-corrected chi connectivity index (χ1v) is 1.24. The molecular formula is C2H3CaF3O2. The zero-order valence-corrected chi connectivity index (χ0v) is 2.99. The van der Waals surface area contributed by atoms with Gasteiger partial charge in [-0.05, 0) is 0 Å². The molecule has 8 heavy (non-hydrogen) atoms. The van der Waals surface area contributed by atoms with Crippen LogP contribution in [0.2, 0.25) is 0 Å². The molecule has 0 spiro atoms. The average Bonchev–Trinajstić information content (AvgIpc) is 1.31. The van der Waals surface area contributed by atoms with E-state index < -0.39 is 12.1 Å². The zero-order valence-electron chi connectivity index (χ0n) is 2.99. The summed E-state index contributed by atoms with van der Waals surface area (Å²) < 4.78 is 31.7. The first-order valence-electron chi connectivity index (χ1n) is 1.24. The average molecular weight is 156 g/mol. The van der Waals surface area contributed by atoms with Gasteiger partial charge in [0.2, 0.25) is 0 Å². The first-order chi connectivity index (χ1) is 2.94. The molecule has 0 bridgehead atoms. The molecule has 0 atom stereocenters. The van der Waals surface area contributed by atoms with Crippen molar-refractivity contribution in [3.63, 3.8) is 0 Å². The van der Waals surface area contributed by atoms with Crippen LogP contribution >= 0.6 is 0 Å². The van der Waals surface area contributed by atoms with Crippen LogP contribution in [-0.2, 0) is 4.79 Å². The molecule has 0 heterocycles. The topological polar surface area (TPSA) is 37.3 Å². The Morgan fingerprint density at radius 3 is 1.50 bits per heavy atom. The van der Waals surface area contributed by atoms with Crippen LogP contribution in [0.3, 0.4) is 0 Å². The van der Waals surface area contributed by atoms with E-state index in [0.29, 0.717) is 0 Å². The summed E-state index contributed by atoms with van der Waals surface area (Å²) in [4.78, 5) is 8.90. The van der Waals surface area contributed by atoms with Crippen LogP contribution in [0.25, 0.3) is 0 Å². The normalized spacial score (nSPS) is 9.88. The van der Waals surface area contributed by atoms with Gasteiger partial charge in [-0.25, -0.2) is 4.79 Å². The first kappa shape index (κ1) is 11.3. The maximum atomic E-state index is 10.6. The minimum absolute atomic E-state index is 0. The summed E-state index contributed by atoms with van der Waals surface area (Å²) in [6.45, 7) is 0. The van der Waals surface area contributed by atoms with Crippen molar-refractivity contribution in [1.29, 1.82) is 0 Å². The number of carboxylic acids is 1. The number of carboxylic acid groups (broad SMARTS) is 1. The van der Waals surface area contributed by atoms with Crippen molar-refractivity contribution < 1.29 is 23.1 Å². The number of carbonyl (C=O) groups is 1. The summed E-state index contributed by atoms with van der Waals surface area (Å²) >= 11 is 0. The van der Waals surface area contributed by atoms with E-state index in [2.05, 4.69) is 0 Å². The fraction of sp³-hybridized carbons (Fsp3) is 0.500. The van der Waals surface area contributed by atoms with Gasteiger partial charge in [-0.3, -0.25) is 0 Å². The van der Waals surface area contributed by atoms with Crippen LogP contribution in [0.5, 0.6) is 0 Å². The van der Waals surface area contributed by atoms with Crippen molar-refractivity contribution in [2.75, 3.05) is 0 Å². The van der Waals surface area contributed by atoms with Crippen LogP contribution in [-0.4, -0.2) is 55.0 Å². The van der Waals surface area contributed by atoms with Crippen molar-refractivity contribution in [2.24, 2.45) is 0 Å². The molecular weight excluding hydrogens is 153 g/mol. The SMILES string of the molecule is O=C(O)C(F)(F)F.[CaH2]. The number of rotatable bonds is 0. The van der Waals surface area contributed by atoms with Gasteiger partial charge < -0.3 is 5.11 Å². The van der Waals surface area contributed by atoms with Crippen LogP contribution in [0, 0.1) is 0 Å². The molecule has 0 radical (unpaired) electrons. The van der Waals surface area contributed by atoms with Crippen molar-refractivity contribution in [3.8, 4) is 0 Å². The van der Waals surface area contributed by atoms with E-state index in [-0.39, 0.29) is 37.7 Å². The molecule has 0 aromatic carbocycles. The number of aliphatic carboxylic acids is 1. The van der Waals surface area contributed by atoms with Gasteiger partial charge in [0, 0.05) is 0 Å². The number of hydrogen-bond donors (Lipinski definition) is 1. The van der Waals surface area contributed by atoms with E-state index in [0.717, 1.165) is 0 Å². The number of halogens is 3. The molecule has 0 aliphatic carbocycles. The quantitative estimate of drug-likeness (QED) is 0.489. The summed E-state index contributed by atoms with van der Waals surface area (Å²) in [6, 6.07) is 0. The Labute approximate surface area is 72.7 Å². The summed E-state index contributed by atoms with van der Waals surface area (Å²) in [6.07, 6.45) is -5.08. The van der Waals surface area contributed by atoms with Crippen LogP contribution < -0.4 is 0 Å². The van der Waals surface area contributed by atoms with Crippen LogP contribution in [0.15, 0.2) is 0 Å². The van der Waals surface area contributed by atoms with E-state index in [9.17, 15) is 13.2 Å². The molecule has 6 heteroatoms. The van der Waals surface area contributed by atoms with Gasteiger partial charge in [0.1, 0.15) is 0 Å². The van der Waals surface area contributed by atoms with Gasteiger partial charge in [-0.1, -0.05) is 0 Å².